The monoisotopic (exact) mass is 320 g/mol. The molecule has 1 amide bonds. The second-order valence-corrected chi connectivity index (χ2v) is 6.53. The molecule has 0 fully saturated rings. The van der Waals surface area contributed by atoms with Crippen LogP contribution in [-0.4, -0.2) is 28.3 Å². The van der Waals surface area contributed by atoms with Crippen molar-refractivity contribution < 1.29 is 4.79 Å². The zero-order chi connectivity index (χ0) is 13.0. The Hall–Kier alpha value is -0.360. The standard InChI is InChI=1S/C11H10Cl2N2OS2/c12-7-2-1-3-8(10(7)13)15-9(16)6-18-11-14-4-5-17-11/h1-3H,4-6H2,(H,15,16). The molecule has 96 valence electrons. The summed E-state index contributed by atoms with van der Waals surface area (Å²) < 4.78 is 0.974. The van der Waals surface area contributed by atoms with Crippen molar-refractivity contribution in [3.63, 3.8) is 0 Å². The Balaban J connectivity index is 1.88. The first-order valence-corrected chi connectivity index (χ1v) is 7.93. The largest absolute Gasteiger partial charge is 0.324 e. The Kier molecular flexibility index (Phi) is 5.24. The topological polar surface area (TPSA) is 41.5 Å². The van der Waals surface area contributed by atoms with E-state index in [1.807, 2.05) is 0 Å². The molecule has 1 aromatic carbocycles. The Bertz CT molecular complexity index is 494. The molecule has 7 heteroatoms. The summed E-state index contributed by atoms with van der Waals surface area (Å²) in [5.74, 6) is 1.22. The lowest BCUT2D eigenvalue weighted by Gasteiger charge is -2.07. The van der Waals surface area contributed by atoms with E-state index in [-0.39, 0.29) is 5.91 Å². The number of carbonyl (C=O) groups excluding carboxylic acids is 1. The predicted molar refractivity (Wildman–Crippen MR) is 82.3 cm³/mol. The Morgan fingerprint density at radius 3 is 3.06 bits per heavy atom. The minimum absolute atomic E-state index is 0.112. The molecule has 1 aliphatic rings. The summed E-state index contributed by atoms with van der Waals surface area (Å²) in [7, 11) is 0. The predicted octanol–water partition coefficient (Wildman–Crippen LogP) is 3.77. The van der Waals surface area contributed by atoms with E-state index in [2.05, 4.69) is 10.3 Å². The van der Waals surface area contributed by atoms with E-state index in [4.69, 9.17) is 23.2 Å². The van der Waals surface area contributed by atoms with Crippen LogP contribution in [0, 0.1) is 0 Å². The third kappa shape index (κ3) is 3.82. The molecule has 2 rings (SSSR count). The maximum atomic E-state index is 11.7. The number of aliphatic imine (C=N–C) groups is 1. The summed E-state index contributed by atoms with van der Waals surface area (Å²) in [5.41, 5.74) is 0.538. The maximum Gasteiger partial charge on any atom is 0.234 e. The van der Waals surface area contributed by atoms with Gasteiger partial charge in [0.1, 0.15) is 4.38 Å². The molecule has 1 N–H and O–H groups in total. The molecule has 0 saturated heterocycles. The quantitative estimate of drug-likeness (QED) is 0.921. The SMILES string of the molecule is O=C(CSC1=NCCS1)Nc1cccc(Cl)c1Cl. The van der Waals surface area contributed by atoms with Crippen molar-refractivity contribution in [3.05, 3.63) is 28.2 Å². The fourth-order valence-corrected chi connectivity index (χ4v) is 3.47. The van der Waals surface area contributed by atoms with Gasteiger partial charge in [0.25, 0.3) is 0 Å². The van der Waals surface area contributed by atoms with Gasteiger partial charge in [0, 0.05) is 5.75 Å². The first kappa shape index (κ1) is 14.1. The number of anilines is 1. The lowest BCUT2D eigenvalue weighted by atomic mass is 10.3. The van der Waals surface area contributed by atoms with Crippen LogP contribution in [0.5, 0.6) is 0 Å². The van der Waals surface area contributed by atoms with E-state index in [9.17, 15) is 4.79 Å². The number of halogens is 2. The van der Waals surface area contributed by atoms with Crippen molar-refractivity contribution >= 4 is 62.7 Å². The van der Waals surface area contributed by atoms with Crippen molar-refractivity contribution in [2.24, 2.45) is 4.99 Å². The zero-order valence-corrected chi connectivity index (χ0v) is 12.4. The summed E-state index contributed by atoms with van der Waals surface area (Å²) in [4.78, 5) is 16.0. The Morgan fingerprint density at radius 2 is 2.33 bits per heavy atom. The van der Waals surface area contributed by atoms with Crippen LogP contribution in [0.15, 0.2) is 23.2 Å². The molecule has 0 saturated carbocycles. The Labute approximate surface area is 124 Å². The number of thioether (sulfide) groups is 2. The highest BCUT2D eigenvalue weighted by Gasteiger charge is 2.12. The number of nitrogens with one attached hydrogen (secondary N) is 1. The second kappa shape index (κ2) is 6.70. The van der Waals surface area contributed by atoms with Gasteiger partial charge in [-0.2, -0.15) is 0 Å². The summed E-state index contributed by atoms with van der Waals surface area (Å²) in [6.07, 6.45) is 0. The van der Waals surface area contributed by atoms with E-state index in [1.165, 1.54) is 11.8 Å². The lowest BCUT2D eigenvalue weighted by molar-refractivity contribution is -0.113. The van der Waals surface area contributed by atoms with Crippen LogP contribution < -0.4 is 5.32 Å². The van der Waals surface area contributed by atoms with Crippen molar-refractivity contribution in [1.82, 2.24) is 0 Å². The molecule has 0 atom stereocenters. The summed E-state index contributed by atoms with van der Waals surface area (Å²) >= 11 is 15.0. The summed E-state index contributed by atoms with van der Waals surface area (Å²) in [6, 6.07) is 5.14. The first-order chi connectivity index (χ1) is 8.66. The second-order valence-electron chi connectivity index (χ2n) is 3.43. The molecular formula is C11H10Cl2N2OS2. The van der Waals surface area contributed by atoms with Gasteiger partial charge in [0.2, 0.25) is 5.91 Å². The van der Waals surface area contributed by atoms with E-state index < -0.39 is 0 Å². The lowest BCUT2D eigenvalue weighted by Crippen LogP contribution is -2.15. The molecule has 0 bridgehead atoms. The molecule has 1 aromatic rings. The molecule has 0 unspecified atom stereocenters. The summed E-state index contributed by atoms with van der Waals surface area (Å²) in [5, 5.41) is 3.53. The van der Waals surface area contributed by atoms with E-state index in [0.29, 0.717) is 21.5 Å². The highest BCUT2D eigenvalue weighted by molar-refractivity contribution is 8.39. The molecule has 1 aliphatic heterocycles. The molecular weight excluding hydrogens is 311 g/mol. The molecule has 18 heavy (non-hydrogen) atoms. The fraction of sp³-hybridized carbons (Fsp3) is 0.273. The van der Waals surface area contributed by atoms with Gasteiger partial charge in [0.05, 0.1) is 28.0 Å². The van der Waals surface area contributed by atoms with Crippen LogP contribution in [-0.2, 0) is 4.79 Å². The van der Waals surface area contributed by atoms with Crippen molar-refractivity contribution in [2.75, 3.05) is 23.4 Å². The molecule has 3 nitrogen and oxygen atoms in total. The molecule has 1 heterocycles. The smallest absolute Gasteiger partial charge is 0.234 e. The van der Waals surface area contributed by atoms with Gasteiger partial charge in [-0.1, -0.05) is 52.8 Å². The number of benzene rings is 1. The average molecular weight is 321 g/mol. The normalized spacial score (nSPS) is 14.4. The fourth-order valence-electron chi connectivity index (χ4n) is 1.32. The number of amides is 1. The highest BCUT2D eigenvalue weighted by Crippen LogP contribution is 2.29. The van der Waals surface area contributed by atoms with Gasteiger partial charge in [-0.3, -0.25) is 9.79 Å². The number of hydrogen-bond acceptors (Lipinski definition) is 4. The van der Waals surface area contributed by atoms with Crippen LogP contribution >= 0.6 is 46.7 Å². The van der Waals surface area contributed by atoms with Gasteiger partial charge in [-0.05, 0) is 12.1 Å². The third-order valence-electron chi connectivity index (χ3n) is 2.11. The van der Waals surface area contributed by atoms with Gasteiger partial charge in [-0.25, -0.2) is 0 Å². The number of nitrogens with zero attached hydrogens (tertiary/aromatic N) is 1. The minimum Gasteiger partial charge on any atom is -0.324 e. The first-order valence-electron chi connectivity index (χ1n) is 5.21. The molecule has 0 radical (unpaired) electrons. The number of rotatable bonds is 3. The van der Waals surface area contributed by atoms with E-state index >= 15 is 0 Å². The minimum atomic E-state index is -0.112. The summed E-state index contributed by atoms with van der Waals surface area (Å²) in [6.45, 7) is 0.842. The van der Waals surface area contributed by atoms with Crippen molar-refractivity contribution in [2.45, 2.75) is 0 Å². The molecule has 0 spiro atoms. The molecule has 0 aromatic heterocycles. The van der Waals surface area contributed by atoms with Crippen LogP contribution in [0.4, 0.5) is 5.69 Å². The number of carbonyl (C=O) groups is 1. The van der Waals surface area contributed by atoms with Crippen LogP contribution in [0.2, 0.25) is 10.0 Å². The number of hydrogen-bond donors (Lipinski definition) is 1. The third-order valence-corrected chi connectivity index (χ3v) is 5.18. The van der Waals surface area contributed by atoms with Crippen LogP contribution in [0.1, 0.15) is 0 Å². The van der Waals surface area contributed by atoms with E-state index in [1.54, 1.807) is 30.0 Å². The van der Waals surface area contributed by atoms with Crippen molar-refractivity contribution in [1.29, 1.82) is 0 Å². The van der Waals surface area contributed by atoms with Gasteiger partial charge in [-0.15, -0.1) is 0 Å². The van der Waals surface area contributed by atoms with Crippen LogP contribution in [0.25, 0.3) is 0 Å². The molecule has 0 aliphatic carbocycles. The maximum absolute atomic E-state index is 11.7. The average Bonchev–Trinajstić information content (AvgIpc) is 2.86. The van der Waals surface area contributed by atoms with Crippen molar-refractivity contribution in [3.8, 4) is 0 Å². The highest BCUT2D eigenvalue weighted by atomic mass is 35.5. The van der Waals surface area contributed by atoms with E-state index in [0.717, 1.165) is 16.7 Å². The van der Waals surface area contributed by atoms with Crippen LogP contribution in [0.3, 0.4) is 0 Å². The zero-order valence-electron chi connectivity index (χ0n) is 9.28. The van der Waals surface area contributed by atoms with Gasteiger partial charge in [0.15, 0.2) is 0 Å². The Morgan fingerprint density at radius 1 is 1.50 bits per heavy atom. The van der Waals surface area contributed by atoms with Gasteiger partial charge < -0.3 is 5.32 Å². The van der Waals surface area contributed by atoms with Gasteiger partial charge >= 0.3 is 0 Å².